The highest BCUT2D eigenvalue weighted by molar-refractivity contribution is 7.89. The lowest BCUT2D eigenvalue weighted by Crippen LogP contribution is -2.48. The number of nitrogens with zero attached hydrogens (tertiary/aromatic N) is 2. The van der Waals surface area contributed by atoms with E-state index in [-0.39, 0.29) is 6.61 Å². The van der Waals surface area contributed by atoms with Crippen LogP contribution in [0.3, 0.4) is 0 Å². The van der Waals surface area contributed by atoms with Gasteiger partial charge in [-0.15, -0.1) is 11.3 Å². The third kappa shape index (κ3) is 3.00. The van der Waals surface area contributed by atoms with Crippen LogP contribution in [0.2, 0.25) is 0 Å². The number of aliphatic hydroxyl groups excluding tert-OH is 1. The van der Waals surface area contributed by atoms with Crippen molar-refractivity contribution in [2.24, 2.45) is 0 Å². The molecule has 1 saturated heterocycles. The smallest absolute Gasteiger partial charge is 0.244 e. The second kappa shape index (κ2) is 5.88. The fourth-order valence-electron chi connectivity index (χ4n) is 2.28. The van der Waals surface area contributed by atoms with Gasteiger partial charge >= 0.3 is 0 Å². The second-order valence-electron chi connectivity index (χ2n) is 4.63. The zero-order valence-corrected chi connectivity index (χ0v) is 12.9. The summed E-state index contributed by atoms with van der Waals surface area (Å²) in [5.74, 6) is 0. The van der Waals surface area contributed by atoms with Crippen molar-refractivity contribution in [2.75, 3.05) is 32.7 Å². The van der Waals surface area contributed by atoms with Crippen LogP contribution >= 0.6 is 11.3 Å². The highest BCUT2D eigenvalue weighted by Crippen LogP contribution is 2.28. The van der Waals surface area contributed by atoms with E-state index in [0.717, 1.165) is 24.5 Å². The van der Waals surface area contributed by atoms with Gasteiger partial charge in [0.05, 0.1) is 11.5 Å². The molecule has 0 radical (unpaired) electrons. The summed E-state index contributed by atoms with van der Waals surface area (Å²) >= 11 is 1.34. The molecule has 0 unspecified atom stereocenters. The van der Waals surface area contributed by atoms with Gasteiger partial charge in [-0.1, -0.05) is 6.92 Å². The van der Waals surface area contributed by atoms with E-state index >= 15 is 0 Å². The minimum Gasteiger partial charge on any atom is -0.391 e. The average molecular weight is 304 g/mol. The van der Waals surface area contributed by atoms with Crippen molar-refractivity contribution >= 4 is 21.4 Å². The van der Waals surface area contributed by atoms with Crippen LogP contribution in [0.4, 0.5) is 0 Å². The SMILES string of the molecule is CCN1CCN(S(=O)(=O)c2cc(CO)sc2C)CC1. The third-order valence-corrected chi connectivity index (χ3v) is 6.66. The maximum Gasteiger partial charge on any atom is 0.244 e. The Hall–Kier alpha value is -0.470. The van der Waals surface area contributed by atoms with Gasteiger partial charge < -0.3 is 10.0 Å². The number of aliphatic hydroxyl groups is 1. The summed E-state index contributed by atoms with van der Waals surface area (Å²) in [6, 6.07) is 1.60. The molecule has 1 N–H and O–H groups in total. The summed E-state index contributed by atoms with van der Waals surface area (Å²) in [5.41, 5.74) is 0. The van der Waals surface area contributed by atoms with Crippen LogP contribution in [0.1, 0.15) is 16.7 Å². The molecule has 2 rings (SSSR count). The maximum absolute atomic E-state index is 12.6. The molecule has 19 heavy (non-hydrogen) atoms. The minimum absolute atomic E-state index is 0.107. The van der Waals surface area contributed by atoms with E-state index in [1.165, 1.54) is 11.3 Å². The van der Waals surface area contributed by atoms with E-state index in [9.17, 15) is 8.42 Å². The zero-order valence-electron chi connectivity index (χ0n) is 11.3. The molecule has 0 saturated carbocycles. The van der Waals surface area contributed by atoms with Gasteiger partial charge in [-0.2, -0.15) is 4.31 Å². The number of rotatable bonds is 4. The quantitative estimate of drug-likeness (QED) is 0.897. The molecule has 1 fully saturated rings. The molecule has 0 aliphatic carbocycles. The lowest BCUT2D eigenvalue weighted by molar-refractivity contribution is 0.196. The predicted octanol–water partition coefficient (Wildman–Crippen LogP) is 0.875. The van der Waals surface area contributed by atoms with E-state index < -0.39 is 10.0 Å². The first-order valence-corrected chi connectivity index (χ1v) is 8.67. The molecule has 0 spiro atoms. The first kappa shape index (κ1) is 14.9. The van der Waals surface area contributed by atoms with Gasteiger partial charge in [0.1, 0.15) is 0 Å². The van der Waals surface area contributed by atoms with Gasteiger partial charge in [0.15, 0.2) is 0 Å². The highest BCUT2D eigenvalue weighted by Gasteiger charge is 2.30. The van der Waals surface area contributed by atoms with Crippen LogP contribution in [0, 0.1) is 6.92 Å². The van der Waals surface area contributed by atoms with Crippen molar-refractivity contribution in [2.45, 2.75) is 25.3 Å². The molecule has 1 aromatic rings. The molecule has 0 atom stereocenters. The van der Waals surface area contributed by atoms with Crippen molar-refractivity contribution in [1.82, 2.24) is 9.21 Å². The number of thiophene rings is 1. The van der Waals surface area contributed by atoms with E-state index in [1.807, 2.05) is 0 Å². The Morgan fingerprint density at radius 2 is 1.95 bits per heavy atom. The Kier molecular flexibility index (Phi) is 4.62. The molecule has 1 aliphatic heterocycles. The molecule has 0 bridgehead atoms. The highest BCUT2D eigenvalue weighted by atomic mass is 32.2. The fourth-order valence-corrected chi connectivity index (χ4v) is 5.17. The van der Waals surface area contributed by atoms with E-state index in [0.29, 0.717) is 22.9 Å². The Bertz CT molecular complexity index is 531. The average Bonchev–Trinajstić information content (AvgIpc) is 2.81. The Labute approximate surface area is 118 Å². The largest absolute Gasteiger partial charge is 0.391 e. The van der Waals surface area contributed by atoms with Crippen LogP contribution in [0.5, 0.6) is 0 Å². The van der Waals surface area contributed by atoms with Gasteiger partial charge in [0.2, 0.25) is 10.0 Å². The molecule has 1 aliphatic rings. The van der Waals surface area contributed by atoms with Crippen molar-refractivity contribution in [3.05, 3.63) is 15.8 Å². The topological polar surface area (TPSA) is 60.9 Å². The van der Waals surface area contributed by atoms with Crippen LogP contribution in [0.25, 0.3) is 0 Å². The molecular weight excluding hydrogens is 284 g/mol. The molecule has 0 amide bonds. The van der Waals surface area contributed by atoms with Crippen LogP contribution in [-0.2, 0) is 16.6 Å². The molecule has 7 heteroatoms. The van der Waals surface area contributed by atoms with Gasteiger partial charge in [0.25, 0.3) is 0 Å². The molecule has 108 valence electrons. The monoisotopic (exact) mass is 304 g/mol. The van der Waals surface area contributed by atoms with Gasteiger partial charge in [-0.05, 0) is 19.5 Å². The van der Waals surface area contributed by atoms with E-state index in [2.05, 4.69) is 11.8 Å². The summed E-state index contributed by atoms with van der Waals surface area (Å²) in [6.07, 6.45) is 0. The summed E-state index contributed by atoms with van der Waals surface area (Å²) in [6.45, 7) is 7.38. The Morgan fingerprint density at radius 1 is 1.32 bits per heavy atom. The fraction of sp³-hybridized carbons (Fsp3) is 0.667. The first-order valence-electron chi connectivity index (χ1n) is 6.41. The predicted molar refractivity (Wildman–Crippen MR) is 75.9 cm³/mol. The number of sulfonamides is 1. The maximum atomic E-state index is 12.6. The molecule has 5 nitrogen and oxygen atoms in total. The van der Waals surface area contributed by atoms with Gasteiger partial charge in [-0.25, -0.2) is 8.42 Å². The number of likely N-dealkylation sites (N-methyl/N-ethyl adjacent to an activating group) is 1. The van der Waals surface area contributed by atoms with E-state index in [4.69, 9.17) is 5.11 Å². The Morgan fingerprint density at radius 3 is 2.42 bits per heavy atom. The first-order chi connectivity index (χ1) is 8.98. The van der Waals surface area contributed by atoms with Crippen molar-refractivity contribution in [3.63, 3.8) is 0 Å². The number of hydrogen-bond acceptors (Lipinski definition) is 5. The number of piperazine rings is 1. The summed E-state index contributed by atoms with van der Waals surface area (Å²) in [4.78, 5) is 4.04. The standard InChI is InChI=1S/C12H20N2O3S2/c1-3-13-4-6-14(7-5-13)19(16,17)12-8-11(9-15)18-10(12)2/h8,15H,3-7,9H2,1-2H3. The van der Waals surface area contributed by atoms with Crippen LogP contribution in [0.15, 0.2) is 11.0 Å². The number of hydrogen-bond donors (Lipinski definition) is 1. The van der Waals surface area contributed by atoms with Crippen molar-refractivity contribution in [1.29, 1.82) is 0 Å². The normalized spacial score (nSPS) is 18.9. The minimum atomic E-state index is -3.41. The molecule has 1 aromatic heterocycles. The van der Waals surface area contributed by atoms with Crippen molar-refractivity contribution < 1.29 is 13.5 Å². The van der Waals surface area contributed by atoms with Crippen LogP contribution < -0.4 is 0 Å². The second-order valence-corrected chi connectivity index (χ2v) is 7.88. The summed E-state index contributed by atoms with van der Waals surface area (Å²) < 4.78 is 26.7. The Balaban J connectivity index is 2.20. The van der Waals surface area contributed by atoms with Gasteiger partial charge in [0, 0.05) is 35.9 Å². The lowest BCUT2D eigenvalue weighted by Gasteiger charge is -2.33. The zero-order chi connectivity index (χ0) is 14.0. The molecule has 0 aromatic carbocycles. The summed E-state index contributed by atoms with van der Waals surface area (Å²) in [7, 11) is -3.41. The summed E-state index contributed by atoms with van der Waals surface area (Å²) in [5, 5.41) is 9.11. The van der Waals surface area contributed by atoms with Crippen LogP contribution in [-0.4, -0.2) is 55.5 Å². The molecular formula is C12H20N2O3S2. The molecule has 2 heterocycles. The lowest BCUT2D eigenvalue weighted by atomic mass is 10.4. The van der Waals surface area contributed by atoms with Crippen molar-refractivity contribution in [3.8, 4) is 0 Å². The van der Waals surface area contributed by atoms with E-state index in [1.54, 1.807) is 17.3 Å². The third-order valence-electron chi connectivity index (χ3n) is 3.48. The van der Waals surface area contributed by atoms with Gasteiger partial charge in [-0.3, -0.25) is 0 Å². The number of aryl methyl sites for hydroxylation is 1.